The SMILES string of the molecule is OC[C@H]1O[C@@H](O[C@H]2[C@H](O)[C@@H](O)[C@H](O)O[C@@H]2CO)[C@H](O)[C@@H](O)[C@H]1O[C@H]1O[C@H](CO)[C@H](O)C[C@H]1O. The van der Waals surface area contributed by atoms with Gasteiger partial charge in [-0.15, -0.1) is 0 Å². The highest BCUT2D eigenvalue weighted by Gasteiger charge is 2.52. The van der Waals surface area contributed by atoms with Gasteiger partial charge in [0.2, 0.25) is 0 Å². The first-order valence-electron chi connectivity index (χ1n) is 10.5. The molecule has 3 heterocycles. The van der Waals surface area contributed by atoms with Crippen LogP contribution in [0.3, 0.4) is 0 Å². The second-order valence-electron chi connectivity index (χ2n) is 8.23. The molecule has 15 nitrogen and oxygen atoms in total. The lowest BCUT2D eigenvalue weighted by atomic mass is 9.96. The fourth-order valence-corrected chi connectivity index (χ4v) is 4.03. The van der Waals surface area contributed by atoms with Gasteiger partial charge in [-0.05, 0) is 0 Å². The zero-order valence-corrected chi connectivity index (χ0v) is 17.4. The van der Waals surface area contributed by atoms with E-state index in [1.807, 2.05) is 0 Å². The van der Waals surface area contributed by atoms with Gasteiger partial charge in [0.05, 0.1) is 25.9 Å². The molecule has 0 bridgehead atoms. The molecule has 0 aromatic heterocycles. The van der Waals surface area contributed by atoms with Gasteiger partial charge in [0, 0.05) is 6.42 Å². The minimum Gasteiger partial charge on any atom is -0.394 e. The maximum atomic E-state index is 10.6. The Balaban J connectivity index is 1.70. The van der Waals surface area contributed by atoms with Crippen molar-refractivity contribution in [2.45, 2.75) is 92.4 Å². The Morgan fingerprint density at radius 1 is 0.545 bits per heavy atom. The van der Waals surface area contributed by atoms with Gasteiger partial charge < -0.3 is 74.7 Å². The minimum absolute atomic E-state index is 0.200. The van der Waals surface area contributed by atoms with Gasteiger partial charge in [0.1, 0.15) is 61.0 Å². The van der Waals surface area contributed by atoms with Crippen LogP contribution in [0.5, 0.6) is 0 Å². The quantitative estimate of drug-likeness (QED) is 0.160. The predicted octanol–water partition coefficient (Wildman–Crippen LogP) is -6.54. The fraction of sp³-hybridized carbons (Fsp3) is 1.00. The average Bonchev–Trinajstić information content (AvgIpc) is 2.79. The van der Waals surface area contributed by atoms with Crippen molar-refractivity contribution in [3.8, 4) is 0 Å². The second-order valence-corrected chi connectivity index (χ2v) is 8.23. The van der Waals surface area contributed by atoms with Crippen LogP contribution in [0.2, 0.25) is 0 Å². The maximum Gasteiger partial charge on any atom is 0.187 e. The Bertz CT molecular complexity index is 607. The molecule has 3 aliphatic heterocycles. The third-order valence-electron chi connectivity index (χ3n) is 5.96. The minimum atomic E-state index is -1.84. The molecule has 3 aliphatic rings. The van der Waals surface area contributed by atoms with E-state index >= 15 is 0 Å². The normalized spacial score (nSPS) is 51.5. The van der Waals surface area contributed by atoms with Crippen molar-refractivity contribution in [3.05, 3.63) is 0 Å². The van der Waals surface area contributed by atoms with Crippen molar-refractivity contribution < 1.29 is 74.7 Å². The van der Waals surface area contributed by atoms with E-state index < -0.39 is 106 Å². The molecule has 0 amide bonds. The maximum absolute atomic E-state index is 10.6. The zero-order chi connectivity index (χ0) is 24.4. The zero-order valence-electron chi connectivity index (χ0n) is 17.4. The van der Waals surface area contributed by atoms with Crippen LogP contribution in [0.15, 0.2) is 0 Å². The highest BCUT2D eigenvalue weighted by molar-refractivity contribution is 4.95. The van der Waals surface area contributed by atoms with Crippen LogP contribution in [0, 0.1) is 0 Å². The Kier molecular flexibility index (Phi) is 9.35. The van der Waals surface area contributed by atoms with Gasteiger partial charge in [-0.2, -0.15) is 0 Å². The number of hydrogen-bond acceptors (Lipinski definition) is 15. The van der Waals surface area contributed by atoms with E-state index in [-0.39, 0.29) is 6.42 Å². The number of ether oxygens (including phenoxy) is 5. The number of aliphatic hydroxyl groups excluding tert-OH is 10. The van der Waals surface area contributed by atoms with Crippen LogP contribution in [0.25, 0.3) is 0 Å². The van der Waals surface area contributed by atoms with Gasteiger partial charge in [0.15, 0.2) is 18.9 Å². The number of hydrogen-bond donors (Lipinski definition) is 10. The molecule has 0 aromatic rings. The van der Waals surface area contributed by atoms with E-state index in [0.717, 1.165) is 0 Å². The first-order valence-corrected chi connectivity index (χ1v) is 10.5. The summed E-state index contributed by atoms with van der Waals surface area (Å²) in [6, 6.07) is 0. The first-order chi connectivity index (χ1) is 15.6. The Morgan fingerprint density at radius 2 is 1.03 bits per heavy atom. The number of rotatable bonds is 7. The lowest BCUT2D eigenvalue weighted by molar-refractivity contribution is -0.373. The summed E-state index contributed by atoms with van der Waals surface area (Å²) in [7, 11) is 0. The molecule has 14 atom stereocenters. The third kappa shape index (κ3) is 5.64. The number of aliphatic hydroxyl groups is 10. The van der Waals surface area contributed by atoms with Crippen molar-refractivity contribution in [3.63, 3.8) is 0 Å². The molecule has 3 fully saturated rings. The smallest absolute Gasteiger partial charge is 0.187 e. The molecule has 194 valence electrons. The Morgan fingerprint density at radius 3 is 1.61 bits per heavy atom. The van der Waals surface area contributed by atoms with Crippen molar-refractivity contribution in [2.75, 3.05) is 19.8 Å². The van der Waals surface area contributed by atoms with Gasteiger partial charge in [-0.25, -0.2) is 0 Å². The summed E-state index contributed by atoms with van der Waals surface area (Å²) in [5.74, 6) is 0. The molecule has 3 saturated heterocycles. The molecule has 0 spiro atoms. The summed E-state index contributed by atoms with van der Waals surface area (Å²) in [6.07, 6.45) is -21.5. The molecule has 0 radical (unpaired) electrons. The molecule has 0 aliphatic carbocycles. The van der Waals surface area contributed by atoms with Crippen molar-refractivity contribution >= 4 is 0 Å². The molecule has 10 N–H and O–H groups in total. The van der Waals surface area contributed by atoms with Crippen LogP contribution in [-0.2, 0) is 23.7 Å². The Labute approximate surface area is 187 Å². The van der Waals surface area contributed by atoms with Crippen molar-refractivity contribution in [1.29, 1.82) is 0 Å². The first kappa shape index (κ1) is 27.0. The summed E-state index contributed by atoms with van der Waals surface area (Å²) in [5.41, 5.74) is 0. The highest BCUT2D eigenvalue weighted by atomic mass is 16.7. The van der Waals surface area contributed by atoms with Gasteiger partial charge >= 0.3 is 0 Å². The molecule has 0 aromatic carbocycles. The molecular weight excluding hydrogens is 456 g/mol. The summed E-state index contributed by atoms with van der Waals surface area (Å²) in [4.78, 5) is 0. The monoisotopic (exact) mass is 488 g/mol. The van der Waals surface area contributed by atoms with Crippen LogP contribution in [0.4, 0.5) is 0 Å². The van der Waals surface area contributed by atoms with Crippen LogP contribution < -0.4 is 0 Å². The topological polar surface area (TPSA) is 248 Å². The van der Waals surface area contributed by atoms with E-state index in [2.05, 4.69) is 0 Å². The van der Waals surface area contributed by atoms with Crippen LogP contribution in [-0.4, -0.2) is 157 Å². The third-order valence-corrected chi connectivity index (χ3v) is 5.96. The predicted molar refractivity (Wildman–Crippen MR) is 99.9 cm³/mol. The summed E-state index contributed by atoms with van der Waals surface area (Å²) in [6.45, 7) is -2.06. The lowest BCUT2D eigenvalue weighted by Gasteiger charge is -2.47. The van der Waals surface area contributed by atoms with Gasteiger partial charge in [-0.1, -0.05) is 0 Å². The van der Waals surface area contributed by atoms with E-state index in [9.17, 15) is 51.1 Å². The van der Waals surface area contributed by atoms with Gasteiger partial charge in [-0.3, -0.25) is 0 Å². The average molecular weight is 488 g/mol. The molecule has 33 heavy (non-hydrogen) atoms. The van der Waals surface area contributed by atoms with E-state index in [1.54, 1.807) is 0 Å². The summed E-state index contributed by atoms with van der Waals surface area (Å²) in [5, 5.41) is 99.1. The highest BCUT2D eigenvalue weighted by Crippen LogP contribution is 2.31. The van der Waals surface area contributed by atoms with E-state index in [0.29, 0.717) is 0 Å². The second kappa shape index (κ2) is 11.4. The van der Waals surface area contributed by atoms with Crippen LogP contribution in [0.1, 0.15) is 6.42 Å². The van der Waals surface area contributed by atoms with E-state index in [4.69, 9.17) is 23.7 Å². The molecular formula is C18H32O15. The molecule has 0 saturated carbocycles. The van der Waals surface area contributed by atoms with E-state index in [1.165, 1.54) is 0 Å². The summed E-state index contributed by atoms with van der Waals surface area (Å²) < 4.78 is 26.7. The standard InChI is InChI=1S/C18H32O15/c19-2-7-5(22)1-6(23)17(30-7)32-15-9(4-21)31-18(13(27)11(15)25)33-14-8(3-20)29-16(28)12(26)10(14)24/h5-28H,1-4H2/t5-,6-,7-,8-,9-,10-,11-,12-,13-,14-,15+,16-,17-,18+/m1/s1. The van der Waals surface area contributed by atoms with Crippen molar-refractivity contribution in [1.82, 2.24) is 0 Å². The fourth-order valence-electron chi connectivity index (χ4n) is 4.03. The lowest BCUT2D eigenvalue weighted by Crippen LogP contribution is -2.65. The van der Waals surface area contributed by atoms with Crippen LogP contribution >= 0.6 is 0 Å². The van der Waals surface area contributed by atoms with Gasteiger partial charge in [0.25, 0.3) is 0 Å². The largest absolute Gasteiger partial charge is 0.394 e. The molecule has 0 unspecified atom stereocenters. The molecule has 3 rings (SSSR count). The summed E-state index contributed by atoms with van der Waals surface area (Å²) >= 11 is 0. The Hall–Kier alpha value is -0.600. The molecule has 15 heteroatoms. The van der Waals surface area contributed by atoms with Crippen molar-refractivity contribution in [2.24, 2.45) is 0 Å².